The summed E-state index contributed by atoms with van der Waals surface area (Å²) in [4.78, 5) is 2.47. The fourth-order valence-electron chi connectivity index (χ4n) is 2.79. The first-order valence-electron chi connectivity index (χ1n) is 7.42. The Morgan fingerprint density at radius 2 is 2.20 bits per heavy atom. The molecule has 20 heavy (non-hydrogen) atoms. The highest BCUT2D eigenvalue weighted by molar-refractivity contribution is 6.31. The summed E-state index contributed by atoms with van der Waals surface area (Å²) in [5, 5.41) is 4.15. The number of rotatable bonds is 4. The summed E-state index contributed by atoms with van der Waals surface area (Å²) < 4.78 is 13.1. The number of nitrogens with one attached hydrogen (secondary N) is 1. The van der Waals surface area contributed by atoms with Crippen molar-refractivity contribution < 1.29 is 4.39 Å². The van der Waals surface area contributed by atoms with Gasteiger partial charge in [0, 0.05) is 36.7 Å². The van der Waals surface area contributed by atoms with Crippen LogP contribution in [0.15, 0.2) is 18.2 Å². The van der Waals surface area contributed by atoms with Gasteiger partial charge in [0.1, 0.15) is 5.82 Å². The van der Waals surface area contributed by atoms with E-state index < -0.39 is 0 Å². The summed E-state index contributed by atoms with van der Waals surface area (Å²) in [5.74, 6) is 0.338. The Bertz CT molecular complexity index is 450. The second-order valence-corrected chi connectivity index (χ2v) is 6.39. The highest BCUT2D eigenvalue weighted by Gasteiger charge is 2.28. The molecule has 1 heterocycles. The van der Waals surface area contributed by atoms with Gasteiger partial charge in [-0.05, 0) is 30.0 Å². The molecule has 0 saturated carbocycles. The predicted molar refractivity (Wildman–Crippen MR) is 82.5 cm³/mol. The lowest BCUT2D eigenvalue weighted by atomic mass is 9.98. The van der Waals surface area contributed by atoms with E-state index in [-0.39, 0.29) is 5.82 Å². The first kappa shape index (κ1) is 15.7. The largest absolute Gasteiger partial charge is 0.311 e. The molecule has 0 radical (unpaired) electrons. The van der Waals surface area contributed by atoms with Crippen molar-refractivity contribution in [2.24, 2.45) is 5.92 Å². The van der Waals surface area contributed by atoms with Gasteiger partial charge in [-0.2, -0.15) is 0 Å². The third kappa shape index (κ3) is 3.72. The molecule has 2 unspecified atom stereocenters. The SMILES string of the molecule is CCC1CNC(C(C)C)CN1Cc1ccc(F)cc1Cl. The molecule has 0 amide bonds. The molecule has 1 aliphatic rings. The van der Waals surface area contributed by atoms with Crippen molar-refractivity contribution >= 4 is 11.6 Å². The predicted octanol–water partition coefficient (Wildman–Crippen LogP) is 3.69. The fourth-order valence-corrected chi connectivity index (χ4v) is 3.02. The molecule has 1 aromatic rings. The molecule has 0 spiro atoms. The zero-order chi connectivity index (χ0) is 14.7. The Morgan fingerprint density at radius 1 is 1.45 bits per heavy atom. The zero-order valence-corrected chi connectivity index (χ0v) is 13.3. The van der Waals surface area contributed by atoms with Gasteiger partial charge in [0.25, 0.3) is 0 Å². The van der Waals surface area contributed by atoms with Crippen LogP contribution < -0.4 is 5.32 Å². The third-order valence-corrected chi connectivity index (χ3v) is 4.58. The van der Waals surface area contributed by atoms with Crippen LogP contribution in [0.25, 0.3) is 0 Å². The van der Waals surface area contributed by atoms with Crippen LogP contribution >= 0.6 is 11.6 Å². The van der Waals surface area contributed by atoms with Crippen LogP contribution in [0.4, 0.5) is 4.39 Å². The molecule has 1 fully saturated rings. The summed E-state index contributed by atoms with van der Waals surface area (Å²) in [7, 11) is 0. The van der Waals surface area contributed by atoms with E-state index in [0.717, 1.165) is 31.6 Å². The van der Waals surface area contributed by atoms with E-state index in [1.54, 1.807) is 6.07 Å². The highest BCUT2D eigenvalue weighted by atomic mass is 35.5. The first-order valence-corrected chi connectivity index (χ1v) is 7.80. The molecule has 0 aliphatic carbocycles. The lowest BCUT2D eigenvalue weighted by Gasteiger charge is -2.41. The first-order chi connectivity index (χ1) is 9.51. The van der Waals surface area contributed by atoms with Gasteiger partial charge < -0.3 is 5.32 Å². The minimum absolute atomic E-state index is 0.272. The molecule has 1 saturated heterocycles. The molecular formula is C16H24ClFN2. The lowest BCUT2D eigenvalue weighted by molar-refractivity contribution is 0.103. The molecule has 4 heteroatoms. The topological polar surface area (TPSA) is 15.3 Å². The molecule has 2 atom stereocenters. The second kappa shape index (κ2) is 6.88. The Balaban J connectivity index is 2.11. The van der Waals surface area contributed by atoms with E-state index in [4.69, 9.17) is 11.6 Å². The highest BCUT2D eigenvalue weighted by Crippen LogP contribution is 2.23. The molecule has 0 bridgehead atoms. The summed E-state index contributed by atoms with van der Waals surface area (Å²) in [6, 6.07) is 5.73. The van der Waals surface area contributed by atoms with Crippen molar-refractivity contribution in [1.82, 2.24) is 10.2 Å². The van der Waals surface area contributed by atoms with E-state index >= 15 is 0 Å². The number of hydrogen-bond acceptors (Lipinski definition) is 2. The number of hydrogen-bond donors (Lipinski definition) is 1. The van der Waals surface area contributed by atoms with Gasteiger partial charge >= 0.3 is 0 Å². The summed E-state index contributed by atoms with van der Waals surface area (Å²) in [6.45, 7) is 9.52. The van der Waals surface area contributed by atoms with Crippen LogP contribution in [0.2, 0.25) is 5.02 Å². The Morgan fingerprint density at radius 3 is 2.80 bits per heavy atom. The second-order valence-electron chi connectivity index (χ2n) is 5.99. The van der Waals surface area contributed by atoms with Gasteiger partial charge in [-0.1, -0.05) is 38.4 Å². The molecule has 2 rings (SSSR count). The fraction of sp³-hybridized carbons (Fsp3) is 0.625. The van der Waals surface area contributed by atoms with Crippen molar-refractivity contribution in [3.8, 4) is 0 Å². The standard InChI is InChI=1S/C16H24ClFN2/c1-4-14-8-19-16(11(2)3)10-20(14)9-12-5-6-13(18)7-15(12)17/h5-7,11,14,16,19H,4,8-10H2,1-3H3. The van der Waals surface area contributed by atoms with Crippen LogP contribution in [0.1, 0.15) is 32.8 Å². The number of halogens is 2. The average molecular weight is 299 g/mol. The maximum absolute atomic E-state index is 13.1. The molecule has 1 aromatic carbocycles. The van der Waals surface area contributed by atoms with Crippen LogP contribution in [-0.4, -0.2) is 30.1 Å². The smallest absolute Gasteiger partial charge is 0.124 e. The minimum atomic E-state index is -0.272. The molecule has 112 valence electrons. The Hall–Kier alpha value is -0.640. The Labute approximate surface area is 126 Å². The minimum Gasteiger partial charge on any atom is -0.311 e. The van der Waals surface area contributed by atoms with Gasteiger partial charge in [-0.15, -0.1) is 0 Å². The number of nitrogens with zero attached hydrogens (tertiary/aromatic N) is 1. The number of benzene rings is 1. The van der Waals surface area contributed by atoms with Crippen LogP contribution in [0, 0.1) is 11.7 Å². The normalized spacial score (nSPS) is 24.3. The summed E-state index contributed by atoms with van der Waals surface area (Å²) in [6.07, 6.45) is 1.11. The number of piperazine rings is 1. The van der Waals surface area contributed by atoms with Crippen molar-refractivity contribution in [1.29, 1.82) is 0 Å². The van der Waals surface area contributed by atoms with E-state index in [9.17, 15) is 4.39 Å². The monoisotopic (exact) mass is 298 g/mol. The lowest BCUT2D eigenvalue weighted by Crippen LogP contribution is -2.57. The maximum atomic E-state index is 13.1. The molecular weight excluding hydrogens is 275 g/mol. The van der Waals surface area contributed by atoms with E-state index in [0.29, 0.717) is 23.0 Å². The van der Waals surface area contributed by atoms with Crippen LogP contribution in [0.5, 0.6) is 0 Å². The molecule has 2 nitrogen and oxygen atoms in total. The summed E-state index contributed by atoms with van der Waals surface area (Å²) in [5.41, 5.74) is 1.01. The maximum Gasteiger partial charge on any atom is 0.124 e. The van der Waals surface area contributed by atoms with Gasteiger partial charge in [0.15, 0.2) is 0 Å². The van der Waals surface area contributed by atoms with Crippen LogP contribution in [0.3, 0.4) is 0 Å². The third-order valence-electron chi connectivity index (χ3n) is 4.23. The van der Waals surface area contributed by atoms with Crippen molar-refractivity contribution in [3.05, 3.63) is 34.6 Å². The van der Waals surface area contributed by atoms with Crippen molar-refractivity contribution in [3.63, 3.8) is 0 Å². The molecule has 1 N–H and O–H groups in total. The van der Waals surface area contributed by atoms with Gasteiger partial charge in [-0.3, -0.25) is 4.90 Å². The van der Waals surface area contributed by atoms with Gasteiger partial charge in [0.2, 0.25) is 0 Å². The average Bonchev–Trinajstić information content (AvgIpc) is 2.41. The summed E-state index contributed by atoms with van der Waals surface area (Å²) >= 11 is 6.16. The zero-order valence-electron chi connectivity index (χ0n) is 12.5. The van der Waals surface area contributed by atoms with E-state index in [1.165, 1.54) is 12.1 Å². The van der Waals surface area contributed by atoms with Crippen molar-refractivity contribution in [2.45, 2.75) is 45.8 Å². The Kier molecular flexibility index (Phi) is 5.42. The quantitative estimate of drug-likeness (QED) is 0.912. The molecule has 1 aliphatic heterocycles. The van der Waals surface area contributed by atoms with E-state index in [2.05, 4.69) is 31.0 Å². The van der Waals surface area contributed by atoms with E-state index in [1.807, 2.05) is 0 Å². The van der Waals surface area contributed by atoms with Crippen molar-refractivity contribution in [2.75, 3.05) is 13.1 Å². The van der Waals surface area contributed by atoms with Gasteiger partial charge in [0.05, 0.1) is 0 Å². The van der Waals surface area contributed by atoms with Gasteiger partial charge in [-0.25, -0.2) is 4.39 Å². The van der Waals surface area contributed by atoms with Crippen LogP contribution in [-0.2, 0) is 6.54 Å². The molecule has 0 aromatic heterocycles.